The van der Waals surface area contributed by atoms with E-state index < -0.39 is 28.4 Å². The summed E-state index contributed by atoms with van der Waals surface area (Å²) in [6, 6.07) is 6.40. The van der Waals surface area contributed by atoms with Crippen molar-refractivity contribution in [3.8, 4) is 0 Å². The van der Waals surface area contributed by atoms with Gasteiger partial charge in [0.25, 0.3) is 11.8 Å². The van der Waals surface area contributed by atoms with Crippen LogP contribution in [0.25, 0.3) is 0 Å². The van der Waals surface area contributed by atoms with E-state index >= 15 is 0 Å². The Balaban J connectivity index is 2.03. The summed E-state index contributed by atoms with van der Waals surface area (Å²) in [6.45, 7) is 1.52. The van der Waals surface area contributed by atoms with Gasteiger partial charge in [-0.3, -0.25) is 24.1 Å². The molecule has 1 aliphatic rings. The zero-order valence-corrected chi connectivity index (χ0v) is 13.5. The third-order valence-electron chi connectivity index (χ3n) is 3.19. The molecule has 0 unspecified atom stereocenters. The van der Waals surface area contributed by atoms with E-state index in [9.17, 15) is 19.2 Å². The Labute approximate surface area is 135 Å². The molecule has 1 heterocycles. The van der Waals surface area contributed by atoms with Gasteiger partial charge in [0.1, 0.15) is 0 Å². The van der Waals surface area contributed by atoms with Gasteiger partial charge in [-0.15, -0.1) is 0 Å². The van der Waals surface area contributed by atoms with Gasteiger partial charge in [-0.25, -0.2) is 0 Å². The number of imide groups is 1. The lowest BCUT2D eigenvalue weighted by atomic mass is 10.1. The van der Waals surface area contributed by atoms with Crippen LogP contribution in [0.3, 0.4) is 0 Å². The number of hydrogen-bond acceptors (Lipinski definition) is 5. The van der Waals surface area contributed by atoms with E-state index in [2.05, 4.69) is 15.9 Å². The topological polar surface area (TPSA) is 80.8 Å². The lowest BCUT2D eigenvalue weighted by Crippen LogP contribution is -2.38. The van der Waals surface area contributed by atoms with Crippen LogP contribution in [-0.4, -0.2) is 46.4 Å². The first-order valence-corrected chi connectivity index (χ1v) is 7.65. The lowest BCUT2D eigenvalue weighted by molar-refractivity contribution is -0.144. The van der Waals surface area contributed by atoms with Crippen LogP contribution in [0.1, 0.15) is 34.1 Å². The minimum Gasteiger partial charge on any atom is -0.466 e. The number of fused-ring (bicyclic) bond motifs is 1. The average molecular weight is 368 g/mol. The number of ketones is 1. The first-order chi connectivity index (χ1) is 10.5. The van der Waals surface area contributed by atoms with Crippen LogP contribution in [0.2, 0.25) is 0 Å². The molecule has 0 radical (unpaired) electrons. The maximum absolute atomic E-state index is 12.1. The van der Waals surface area contributed by atoms with Crippen LogP contribution in [-0.2, 0) is 14.3 Å². The van der Waals surface area contributed by atoms with Crippen molar-refractivity contribution in [2.45, 2.75) is 18.2 Å². The van der Waals surface area contributed by atoms with Crippen LogP contribution in [0.5, 0.6) is 0 Å². The van der Waals surface area contributed by atoms with E-state index in [0.29, 0.717) is 0 Å². The highest BCUT2D eigenvalue weighted by molar-refractivity contribution is 9.10. The zero-order chi connectivity index (χ0) is 16.3. The van der Waals surface area contributed by atoms with Crippen molar-refractivity contribution in [3.05, 3.63) is 35.4 Å². The Bertz CT molecular complexity index is 608. The van der Waals surface area contributed by atoms with E-state index in [4.69, 9.17) is 4.74 Å². The van der Waals surface area contributed by atoms with Crippen molar-refractivity contribution < 1.29 is 23.9 Å². The van der Waals surface area contributed by atoms with Gasteiger partial charge in [-0.05, 0) is 19.1 Å². The summed E-state index contributed by atoms with van der Waals surface area (Å²) in [5.74, 6) is -1.93. The highest BCUT2D eigenvalue weighted by Gasteiger charge is 2.37. The van der Waals surface area contributed by atoms with Gasteiger partial charge in [0, 0.05) is 0 Å². The summed E-state index contributed by atoms with van der Waals surface area (Å²) >= 11 is 3.10. The maximum atomic E-state index is 12.1. The quantitative estimate of drug-likeness (QED) is 0.433. The van der Waals surface area contributed by atoms with Crippen molar-refractivity contribution in [2.24, 2.45) is 0 Å². The number of halogens is 1. The molecule has 0 spiro atoms. The van der Waals surface area contributed by atoms with Gasteiger partial charge in [-0.2, -0.15) is 0 Å². The first-order valence-electron chi connectivity index (χ1n) is 6.73. The van der Waals surface area contributed by atoms with Crippen LogP contribution >= 0.6 is 15.9 Å². The SMILES string of the molecule is CCOC(=O)C[C@@H](Br)C(=O)CN1C(=O)c2ccccc2C1=O. The molecule has 1 aliphatic heterocycles. The zero-order valence-electron chi connectivity index (χ0n) is 11.9. The Kier molecular flexibility index (Phi) is 5.07. The number of amides is 2. The number of Topliss-reactive ketones (excluding diaryl/α,β-unsaturated/α-hetero) is 1. The molecule has 0 saturated heterocycles. The predicted molar refractivity (Wildman–Crippen MR) is 80.8 cm³/mol. The molecule has 6 nitrogen and oxygen atoms in total. The number of benzene rings is 1. The van der Waals surface area contributed by atoms with Crippen molar-refractivity contribution in [1.82, 2.24) is 4.90 Å². The molecule has 116 valence electrons. The van der Waals surface area contributed by atoms with E-state index in [-0.39, 0.29) is 30.7 Å². The van der Waals surface area contributed by atoms with Gasteiger partial charge in [0.2, 0.25) is 0 Å². The number of ether oxygens (including phenoxy) is 1. The molecule has 0 aliphatic carbocycles. The third-order valence-corrected chi connectivity index (χ3v) is 4.03. The Morgan fingerprint density at radius 3 is 2.23 bits per heavy atom. The molecule has 1 aromatic rings. The summed E-state index contributed by atoms with van der Waals surface area (Å²) in [6.07, 6.45) is -0.143. The molecule has 2 amide bonds. The number of carbonyl (C=O) groups excluding carboxylic acids is 4. The number of esters is 1. The smallest absolute Gasteiger partial charge is 0.307 e. The van der Waals surface area contributed by atoms with Crippen LogP contribution in [0, 0.1) is 0 Å². The van der Waals surface area contributed by atoms with Gasteiger partial charge < -0.3 is 4.74 Å². The summed E-state index contributed by atoms with van der Waals surface area (Å²) in [5, 5.41) is 0. The molecule has 0 N–H and O–H groups in total. The van der Waals surface area contributed by atoms with Crippen molar-refractivity contribution in [3.63, 3.8) is 0 Å². The summed E-state index contributed by atoms with van der Waals surface area (Å²) in [4.78, 5) is 47.8. The van der Waals surface area contributed by atoms with Crippen molar-refractivity contribution in [2.75, 3.05) is 13.2 Å². The summed E-state index contributed by atoms with van der Waals surface area (Å²) in [7, 11) is 0. The summed E-state index contributed by atoms with van der Waals surface area (Å²) < 4.78 is 4.76. The van der Waals surface area contributed by atoms with E-state index in [1.165, 1.54) is 0 Å². The fourth-order valence-corrected chi connectivity index (χ4v) is 2.53. The fraction of sp³-hybridized carbons (Fsp3) is 0.333. The Morgan fingerprint density at radius 2 is 1.73 bits per heavy atom. The minimum absolute atomic E-state index is 0.143. The summed E-state index contributed by atoms with van der Waals surface area (Å²) in [5.41, 5.74) is 0.577. The normalized spacial score (nSPS) is 14.7. The standard InChI is InChI=1S/C15H14BrNO5/c1-2-22-13(19)7-11(16)12(18)8-17-14(20)9-5-3-4-6-10(9)15(17)21/h3-6,11H,2,7-8H2,1H3/t11-/m1/s1. The number of rotatable bonds is 6. The molecule has 22 heavy (non-hydrogen) atoms. The van der Waals surface area contributed by atoms with Gasteiger partial charge in [-0.1, -0.05) is 28.1 Å². The molecule has 0 fully saturated rings. The molecule has 7 heteroatoms. The first kappa shape index (κ1) is 16.4. The second kappa shape index (κ2) is 6.83. The second-order valence-corrected chi connectivity index (χ2v) is 5.79. The number of carbonyl (C=O) groups is 4. The molecular weight excluding hydrogens is 354 g/mol. The highest BCUT2D eigenvalue weighted by Crippen LogP contribution is 2.23. The molecule has 0 bridgehead atoms. The van der Waals surface area contributed by atoms with Crippen molar-refractivity contribution in [1.29, 1.82) is 0 Å². The molecule has 2 rings (SSSR count). The minimum atomic E-state index is -0.795. The van der Waals surface area contributed by atoms with E-state index in [0.717, 1.165) is 4.90 Å². The molecular formula is C15H14BrNO5. The van der Waals surface area contributed by atoms with Crippen LogP contribution in [0.15, 0.2) is 24.3 Å². The molecule has 0 aromatic heterocycles. The number of hydrogen-bond donors (Lipinski definition) is 0. The lowest BCUT2D eigenvalue weighted by Gasteiger charge is -2.15. The van der Waals surface area contributed by atoms with Crippen LogP contribution in [0.4, 0.5) is 0 Å². The van der Waals surface area contributed by atoms with E-state index in [1.54, 1.807) is 31.2 Å². The molecule has 1 atom stereocenters. The second-order valence-electron chi connectivity index (χ2n) is 4.69. The molecule has 0 saturated carbocycles. The van der Waals surface area contributed by atoms with Crippen LogP contribution < -0.4 is 0 Å². The Hall–Kier alpha value is -2.02. The number of alkyl halides is 1. The highest BCUT2D eigenvalue weighted by atomic mass is 79.9. The van der Waals surface area contributed by atoms with Gasteiger partial charge >= 0.3 is 5.97 Å². The Morgan fingerprint density at radius 1 is 1.18 bits per heavy atom. The third kappa shape index (κ3) is 3.24. The van der Waals surface area contributed by atoms with Gasteiger partial charge in [0.15, 0.2) is 5.78 Å². The monoisotopic (exact) mass is 367 g/mol. The molecule has 1 aromatic carbocycles. The average Bonchev–Trinajstić information content (AvgIpc) is 2.73. The van der Waals surface area contributed by atoms with Crippen molar-refractivity contribution >= 4 is 39.5 Å². The predicted octanol–water partition coefficient (Wildman–Crippen LogP) is 1.57. The fourth-order valence-electron chi connectivity index (χ4n) is 2.12. The largest absolute Gasteiger partial charge is 0.466 e. The van der Waals surface area contributed by atoms with E-state index in [1.807, 2.05) is 0 Å². The number of nitrogens with zero attached hydrogens (tertiary/aromatic N) is 1. The maximum Gasteiger partial charge on any atom is 0.307 e. The van der Waals surface area contributed by atoms with Gasteiger partial charge in [0.05, 0.1) is 35.5 Å².